The van der Waals surface area contributed by atoms with E-state index < -0.39 is 17.5 Å². The quantitative estimate of drug-likeness (QED) is 0.597. The molecule has 0 atom stereocenters. The molecule has 0 aliphatic carbocycles. The Balaban J connectivity index is 4.48. The highest BCUT2D eigenvalue weighted by atomic mass is 19.4. The molecule has 0 rings (SSSR count). The van der Waals surface area contributed by atoms with Gasteiger partial charge in [0.25, 0.3) is 0 Å². The normalized spacial score (nSPS) is 13.8. The van der Waals surface area contributed by atoms with Gasteiger partial charge in [0, 0.05) is 11.5 Å². The Morgan fingerprint density at radius 1 is 1.33 bits per heavy atom. The van der Waals surface area contributed by atoms with E-state index in [1.807, 2.05) is 0 Å². The molecule has 1 nitrogen and oxygen atoms in total. The topological polar surface area (TPSA) is 17.1 Å². The zero-order valence-corrected chi connectivity index (χ0v) is 7.20. The van der Waals surface area contributed by atoms with Crippen LogP contribution in [0.4, 0.5) is 13.2 Å². The summed E-state index contributed by atoms with van der Waals surface area (Å²) in [7, 11) is 0. The molecule has 0 heterocycles. The van der Waals surface area contributed by atoms with Gasteiger partial charge in [-0.2, -0.15) is 13.2 Å². The lowest BCUT2D eigenvalue weighted by atomic mass is 10.1. The Bertz CT molecular complexity index is 201. The lowest BCUT2D eigenvalue weighted by molar-refractivity contribution is -0.118. The predicted molar refractivity (Wildman–Crippen MR) is 39.7 cm³/mol. The van der Waals surface area contributed by atoms with Crippen LogP contribution in [0.5, 0.6) is 0 Å². The first-order valence-electron chi connectivity index (χ1n) is 3.54. The van der Waals surface area contributed by atoms with Crippen LogP contribution in [0, 0.1) is 5.92 Å². The highest BCUT2D eigenvalue weighted by molar-refractivity contribution is 5.91. The van der Waals surface area contributed by atoms with Gasteiger partial charge in [0.05, 0.1) is 0 Å². The monoisotopic (exact) mass is 180 g/mol. The van der Waals surface area contributed by atoms with E-state index in [1.54, 1.807) is 13.8 Å². The summed E-state index contributed by atoms with van der Waals surface area (Å²) in [5.74, 6) is -0.882. The van der Waals surface area contributed by atoms with Gasteiger partial charge in [-0.1, -0.05) is 13.8 Å². The summed E-state index contributed by atoms with van der Waals surface area (Å²) < 4.78 is 35.6. The number of carbonyl (C=O) groups is 1. The van der Waals surface area contributed by atoms with Gasteiger partial charge in [0.2, 0.25) is 0 Å². The molecule has 70 valence electrons. The highest BCUT2D eigenvalue weighted by Crippen LogP contribution is 2.24. The largest absolute Gasteiger partial charge is 0.412 e. The van der Waals surface area contributed by atoms with Crippen molar-refractivity contribution in [3.8, 4) is 0 Å². The van der Waals surface area contributed by atoms with E-state index in [1.165, 1.54) is 0 Å². The van der Waals surface area contributed by atoms with Crippen molar-refractivity contribution in [2.24, 2.45) is 5.92 Å². The third-order valence-corrected chi connectivity index (χ3v) is 1.37. The van der Waals surface area contributed by atoms with Crippen molar-refractivity contribution in [3.63, 3.8) is 0 Å². The van der Waals surface area contributed by atoms with Gasteiger partial charge in [-0.3, -0.25) is 4.79 Å². The molecular formula is C8H11F3O. The third kappa shape index (κ3) is 3.55. The molecule has 0 unspecified atom stereocenters. The zero-order chi connectivity index (χ0) is 9.94. The Morgan fingerprint density at radius 3 is 2.00 bits per heavy atom. The lowest BCUT2D eigenvalue weighted by Crippen LogP contribution is -2.12. The summed E-state index contributed by atoms with van der Waals surface area (Å²) in [6.45, 7) is 4.01. The Labute approximate surface area is 69.3 Å². The Morgan fingerprint density at radius 2 is 1.75 bits per heavy atom. The molecule has 0 fully saturated rings. The standard InChI is InChI=1S/C8H11F3O/c1-5(2)7(12)4-6(3)8(9,10)11/h4-5H,1-3H3/b6-4+. The maximum absolute atomic E-state index is 11.9. The van der Waals surface area contributed by atoms with Crippen molar-refractivity contribution < 1.29 is 18.0 Å². The van der Waals surface area contributed by atoms with E-state index in [-0.39, 0.29) is 5.92 Å². The smallest absolute Gasteiger partial charge is 0.295 e. The molecule has 0 N–H and O–H groups in total. The fourth-order valence-electron chi connectivity index (χ4n) is 0.462. The minimum Gasteiger partial charge on any atom is -0.295 e. The van der Waals surface area contributed by atoms with Crippen molar-refractivity contribution in [1.82, 2.24) is 0 Å². The SMILES string of the molecule is C/C(=C\C(=O)C(C)C)C(F)(F)F. The molecule has 0 saturated heterocycles. The first-order valence-corrected chi connectivity index (χ1v) is 3.54. The Hall–Kier alpha value is -0.800. The summed E-state index contributed by atoms with van der Waals surface area (Å²) in [5, 5.41) is 0. The third-order valence-electron chi connectivity index (χ3n) is 1.37. The molecule has 0 amide bonds. The van der Waals surface area contributed by atoms with Gasteiger partial charge in [0.15, 0.2) is 5.78 Å². The molecule has 0 bridgehead atoms. The summed E-state index contributed by atoms with van der Waals surface area (Å²) >= 11 is 0. The number of allylic oxidation sites excluding steroid dienone is 2. The van der Waals surface area contributed by atoms with E-state index in [0.29, 0.717) is 6.08 Å². The van der Waals surface area contributed by atoms with E-state index in [9.17, 15) is 18.0 Å². The average Bonchev–Trinajstić information content (AvgIpc) is 1.85. The number of hydrogen-bond acceptors (Lipinski definition) is 1. The van der Waals surface area contributed by atoms with Crippen molar-refractivity contribution in [1.29, 1.82) is 0 Å². The maximum atomic E-state index is 11.9. The molecule has 0 saturated carbocycles. The second kappa shape index (κ2) is 3.74. The van der Waals surface area contributed by atoms with Crippen LogP contribution in [0.15, 0.2) is 11.6 Å². The maximum Gasteiger partial charge on any atom is 0.412 e. The second-order valence-corrected chi connectivity index (χ2v) is 2.88. The first-order chi connectivity index (χ1) is 5.25. The summed E-state index contributed by atoms with van der Waals surface area (Å²) in [6.07, 6.45) is -3.74. The molecule has 0 aliphatic rings. The zero-order valence-electron chi connectivity index (χ0n) is 7.20. The van der Waals surface area contributed by atoms with Crippen LogP contribution in [0.3, 0.4) is 0 Å². The van der Waals surface area contributed by atoms with Crippen LogP contribution in [0.25, 0.3) is 0 Å². The fraction of sp³-hybridized carbons (Fsp3) is 0.625. The van der Waals surface area contributed by atoms with E-state index in [4.69, 9.17) is 0 Å². The summed E-state index contributed by atoms with van der Waals surface area (Å²) in [6, 6.07) is 0. The van der Waals surface area contributed by atoms with E-state index in [2.05, 4.69) is 0 Å². The molecule has 0 aromatic carbocycles. The van der Waals surface area contributed by atoms with Crippen LogP contribution in [-0.2, 0) is 4.79 Å². The molecule has 0 aromatic rings. The molecule has 0 radical (unpaired) electrons. The first kappa shape index (κ1) is 11.2. The van der Waals surface area contributed by atoms with Crippen LogP contribution in [0.1, 0.15) is 20.8 Å². The molecule has 12 heavy (non-hydrogen) atoms. The van der Waals surface area contributed by atoms with Crippen LogP contribution in [0.2, 0.25) is 0 Å². The molecule has 4 heteroatoms. The minimum atomic E-state index is -4.38. The van der Waals surface area contributed by atoms with Gasteiger partial charge in [0.1, 0.15) is 0 Å². The van der Waals surface area contributed by atoms with Crippen molar-refractivity contribution in [2.45, 2.75) is 26.9 Å². The van der Waals surface area contributed by atoms with Crippen molar-refractivity contribution in [2.75, 3.05) is 0 Å². The number of carbonyl (C=O) groups excluding carboxylic acids is 1. The number of halogens is 3. The van der Waals surface area contributed by atoms with Crippen molar-refractivity contribution >= 4 is 5.78 Å². The van der Waals surface area contributed by atoms with Crippen LogP contribution in [-0.4, -0.2) is 12.0 Å². The molecule has 0 aromatic heterocycles. The van der Waals surface area contributed by atoms with Crippen molar-refractivity contribution in [3.05, 3.63) is 11.6 Å². The second-order valence-electron chi connectivity index (χ2n) is 2.88. The van der Waals surface area contributed by atoms with Gasteiger partial charge in [-0.15, -0.1) is 0 Å². The summed E-state index contributed by atoms with van der Waals surface area (Å²) in [5.41, 5.74) is -0.846. The highest BCUT2D eigenvalue weighted by Gasteiger charge is 2.30. The van der Waals surface area contributed by atoms with Gasteiger partial charge >= 0.3 is 6.18 Å². The van der Waals surface area contributed by atoms with Crippen LogP contribution >= 0.6 is 0 Å². The average molecular weight is 180 g/mol. The number of ketones is 1. The Kier molecular flexibility index (Phi) is 3.49. The molecule has 0 spiro atoms. The minimum absolute atomic E-state index is 0.387. The van der Waals surface area contributed by atoms with Gasteiger partial charge < -0.3 is 0 Å². The fourth-order valence-corrected chi connectivity index (χ4v) is 0.462. The predicted octanol–water partition coefficient (Wildman–Crippen LogP) is 2.72. The van der Waals surface area contributed by atoms with Gasteiger partial charge in [-0.25, -0.2) is 0 Å². The van der Waals surface area contributed by atoms with E-state index >= 15 is 0 Å². The van der Waals surface area contributed by atoms with Gasteiger partial charge in [-0.05, 0) is 13.0 Å². The lowest BCUT2D eigenvalue weighted by Gasteiger charge is -2.06. The van der Waals surface area contributed by atoms with E-state index in [0.717, 1.165) is 6.92 Å². The van der Waals surface area contributed by atoms with Crippen LogP contribution < -0.4 is 0 Å². The molecule has 0 aliphatic heterocycles. The number of alkyl halides is 3. The molecular weight excluding hydrogens is 169 g/mol. The summed E-state index contributed by atoms with van der Waals surface area (Å²) in [4.78, 5) is 10.8. The number of hydrogen-bond donors (Lipinski definition) is 0. The number of rotatable bonds is 2.